The van der Waals surface area contributed by atoms with Crippen molar-refractivity contribution in [1.82, 2.24) is 0 Å². The van der Waals surface area contributed by atoms with Gasteiger partial charge in [-0.3, -0.25) is 4.79 Å². The minimum absolute atomic E-state index is 0.139. The molecule has 1 saturated carbocycles. The Hall–Kier alpha value is -0.740. The summed E-state index contributed by atoms with van der Waals surface area (Å²) in [6.45, 7) is 0. The molecule has 86 valence electrons. The Balaban J connectivity index is 2.36. The molecule has 0 bridgehead atoms. The third-order valence-corrected chi connectivity index (χ3v) is 3.70. The van der Waals surface area contributed by atoms with Gasteiger partial charge in [-0.05, 0) is 34.8 Å². The largest absolute Gasteiger partial charge is 0.385 e. The number of ketones is 1. The molecule has 16 heavy (non-hydrogen) atoms. The maximum atomic E-state index is 13.8. The Morgan fingerprint density at radius 3 is 2.56 bits per heavy atom. The summed E-state index contributed by atoms with van der Waals surface area (Å²) < 4.78 is 14.2. The Kier molecular flexibility index (Phi) is 3.13. The second-order valence-corrected chi connectivity index (χ2v) is 5.03. The SMILES string of the molecule is O=C1CCC(O)(c2cccc(Br)c2F)CC1. The van der Waals surface area contributed by atoms with Crippen LogP contribution in [0.25, 0.3) is 0 Å². The van der Waals surface area contributed by atoms with E-state index in [2.05, 4.69) is 15.9 Å². The number of benzene rings is 1. The third-order valence-electron chi connectivity index (χ3n) is 3.09. The van der Waals surface area contributed by atoms with Crippen molar-refractivity contribution in [3.63, 3.8) is 0 Å². The van der Waals surface area contributed by atoms with Gasteiger partial charge >= 0.3 is 0 Å². The molecule has 1 aliphatic rings. The predicted octanol–water partition coefficient (Wildman–Crippen LogP) is 2.92. The summed E-state index contributed by atoms with van der Waals surface area (Å²) in [6, 6.07) is 4.86. The van der Waals surface area contributed by atoms with Crippen LogP contribution in [0.4, 0.5) is 4.39 Å². The lowest BCUT2D eigenvalue weighted by molar-refractivity contribution is -0.125. The van der Waals surface area contributed by atoms with E-state index in [0.29, 0.717) is 30.2 Å². The summed E-state index contributed by atoms with van der Waals surface area (Å²) in [7, 11) is 0. The quantitative estimate of drug-likeness (QED) is 0.862. The topological polar surface area (TPSA) is 37.3 Å². The molecule has 0 aromatic heterocycles. The average molecular weight is 287 g/mol. The van der Waals surface area contributed by atoms with Gasteiger partial charge in [0, 0.05) is 18.4 Å². The van der Waals surface area contributed by atoms with Gasteiger partial charge in [-0.25, -0.2) is 4.39 Å². The Morgan fingerprint density at radius 1 is 1.31 bits per heavy atom. The van der Waals surface area contributed by atoms with Gasteiger partial charge in [-0.1, -0.05) is 12.1 Å². The fourth-order valence-corrected chi connectivity index (χ4v) is 2.44. The number of Topliss-reactive ketones (excluding diaryl/α,β-unsaturated/α-hetero) is 1. The lowest BCUT2D eigenvalue weighted by atomic mass is 9.79. The van der Waals surface area contributed by atoms with Crippen molar-refractivity contribution in [3.8, 4) is 0 Å². The number of carbonyl (C=O) groups is 1. The second kappa shape index (κ2) is 4.26. The molecule has 0 atom stereocenters. The first-order valence-electron chi connectivity index (χ1n) is 5.21. The van der Waals surface area contributed by atoms with Crippen molar-refractivity contribution in [1.29, 1.82) is 0 Å². The summed E-state index contributed by atoms with van der Waals surface area (Å²) in [5.41, 5.74) is -0.906. The minimum atomic E-state index is -1.19. The molecule has 1 N–H and O–H groups in total. The Bertz CT molecular complexity index is 421. The van der Waals surface area contributed by atoms with E-state index in [1.807, 2.05) is 0 Å². The van der Waals surface area contributed by atoms with Crippen LogP contribution < -0.4 is 0 Å². The maximum Gasteiger partial charge on any atom is 0.143 e. The van der Waals surface area contributed by atoms with Gasteiger partial charge in [-0.15, -0.1) is 0 Å². The van der Waals surface area contributed by atoms with Gasteiger partial charge in [0.25, 0.3) is 0 Å². The van der Waals surface area contributed by atoms with Gasteiger partial charge in [0.1, 0.15) is 11.6 Å². The van der Waals surface area contributed by atoms with Crippen LogP contribution in [-0.2, 0) is 10.4 Å². The second-order valence-electron chi connectivity index (χ2n) is 4.17. The molecule has 0 spiro atoms. The van der Waals surface area contributed by atoms with Gasteiger partial charge in [0.05, 0.1) is 10.1 Å². The van der Waals surface area contributed by atoms with Gasteiger partial charge < -0.3 is 5.11 Å². The Labute approximate surface area is 102 Å². The molecule has 1 aliphatic carbocycles. The van der Waals surface area contributed by atoms with E-state index in [0.717, 1.165) is 0 Å². The standard InChI is InChI=1S/C12H12BrFO2/c13-10-3-1-2-9(11(10)14)12(16)6-4-8(15)5-7-12/h1-3,16H,4-7H2. The summed E-state index contributed by atoms with van der Waals surface area (Å²) >= 11 is 3.10. The molecular weight excluding hydrogens is 275 g/mol. The molecule has 0 amide bonds. The first kappa shape index (κ1) is 11.7. The number of rotatable bonds is 1. The van der Waals surface area contributed by atoms with Crippen LogP contribution in [0.3, 0.4) is 0 Å². The number of carbonyl (C=O) groups excluding carboxylic acids is 1. The fraction of sp³-hybridized carbons (Fsp3) is 0.417. The summed E-state index contributed by atoms with van der Waals surface area (Å²) in [6.07, 6.45) is 1.25. The molecule has 0 radical (unpaired) electrons. The van der Waals surface area contributed by atoms with E-state index in [4.69, 9.17) is 0 Å². The van der Waals surface area contributed by atoms with E-state index in [1.165, 1.54) is 0 Å². The van der Waals surface area contributed by atoms with Crippen molar-refractivity contribution >= 4 is 21.7 Å². The zero-order chi connectivity index (χ0) is 11.8. The molecule has 0 saturated heterocycles. The highest BCUT2D eigenvalue weighted by molar-refractivity contribution is 9.10. The lowest BCUT2D eigenvalue weighted by Gasteiger charge is -2.32. The summed E-state index contributed by atoms with van der Waals surface area (Å²) in [5.74, 6) is -0.292. The van der Waals surface area contributed by atoms with E-state index in [1.54, 1.807) is 18.2 Å². The average Bonchev–Trinajstić information content (AvgIpc) is 2.27. The highest BCUT2D eigenvalue weighted by atomic mass is 79.9. The van der Waals surface area contributed by atoms with Crippen LogP contribution in [0.1, 0.15) is 31.2 Å². The molecule has 2 nitrogen and oxygen atoms in total. The fourth-order valence-electron chi connectivity index (χ4n) is 2.07. The molecule has 4 heteroatoms. The number of aliphatic hydroxyl groups is 1. The minimum Gasteiger partial charge on any atom is -0.385 e. The van der Waals surface area contributed by atoms with Crippen LogP contribution in [0.2, 0.25) is 0 Å². The number of hydrogen-bond donors (Lipinski definition) is 1. The maximum absolute atomic E-state index is 13.8. The molecule has 2 rings (SSSR count). The zero-order valence-electron chi connectivity index (χ0n) is 8.67. The van der Waals surface area contributed by atoms with Crippen molar-refractivity contribution < 1.29 is 14.3 Å². The number of halogens is 2. The summed E-state index contributed by atoms with van der Waals surface area (Å²) in [4.78, 5) is 11.1. The van der Waals surface area contributed by atoms with E-state index in [-0.39, 0.29) is 11.3 Å². The van der Waals surface area contributed by atoms with E-state index < -0.39 is 11.4 Å². The monoisotopic (exact) mass is 286 g/mol. The predicted molar refractivity (Wildman–Crippen MR) is 61.5 cm³/mol. The first-order chi connectivity index (χ1) is 7.53. The van der Waals surface area contributed by atoms with E-state index >= 15 is 0 Å². The van der Waals surface area contributed by atoms with Crippen molar-refractivity contribution in [2.24, 2.45) is 0 Å². The molecule has 1 fully saturated rings. The number of hydrogen-bond acceptors (Lipinski definition) is 2. The molecule has 0 unspecified atom stereocenters. The third kappa shape index (κ3) is 2.04. The smallest absolute Gasteiger partial charge is 0.143 e. The zero-order valence-corrected chi connectivity index (χ0v) is 10.3. The van der Waals surface area contributed by atoms with Gasteiger partial charge in [0.15, 0.2) is 0 Å². The molecular formula is C12H12BrFO2. The Morgan fingerprint density at radius 2 is 1.94 bits per heavy atom. The first-order valence-corrected chi connectivity index (χ1v) is 6.01. The van der Waals surface area contributed by atoms with Crippen molar-refractivity contribution in [2.45, 2.75) is 31.3 Å². The van der Waals surface area contributed by atoms with Gasteiger partial charge in [0.2, 0.25) is 0 Å². The molecule has 1 aromatic rings. The summed E-state index contributed by atoms with van der Waals surface area (Å²) in [5, 5.41) is 10.4. The highest BCUT2D eigenvalue weighted by Gasteiger charge is 2.36. The van der Waals surface area contributed by atoms with Crippen LogP contribution in [0, 0.1) is 5.82 Å². The lowest BCUT2D eigenvalue weighted by Crippen LogP contribution is -2.32. The van der Waals surface area contributed by atoms with Crippen LogP contribution in [-0.4, -0.2) is 10.9 Å². The normalized spacial score (nSPS) is 19.8. The molecule has 1 aromatic carbocycles. The molecule has 0 heterocycles. The van der Waals surface area contributed by atoms with Crippen LogP contribution in [0.5, 0.6) is 0 Å². The van der Waals surface area contributed by atoms with Crippen LogP contribution >= 0.6 is 15.9 Å². The van der Waals surface area contributed by atoms with Gasteiger partial charge in [-0.2, -0.15) is 0 Å². The van der Waals surface area contributed by atoms with E-state index in [9.17, 15) is 14.3 Å². The van der Waals surface area contributed by atoms with Crippen molar-refractivity contribution in [3.05, 3.63) is 34.1 Å². The molecule has 0 aliphatic heterocycles. The van der Waals surface area contributed by atoms with Crippen molar-refractivity contribution in [2.75, 3.05) is 0 Å². The highest BCUT2D eigenvalue weighted by Crippen LogP contribution is 2.38. The van der Waals surface area contributed by atoms with Crippen LogP contribution in [0.15, 0.2) is 22.7 Å².